The van der Waals surface area contributed by atoms with Crippen LogP contribution in [-0.2, 0) is 4.74 Å². The van der Waals surface area contributed by atoms with Crippen LogP contribution in [0.1, 0.15) is 32.6 Å². The van der Waals surface area contributed by atoms with Gasteiger partial charge in [0.1, 0.15) is 0 Å². The van der Waals surface area contributed by atoms with Gasteiger partial charge in [0.15, 0.2) is 0 Å². The molecule has 1 fully saturated rings. The van der Waals surface area contributed by atoms with E-state index in [1.165, 1.54) is 0 Å². The van der Waals surface area contributed by atoms with Gasteiger partial charge in [0.2, 0.25) is 0 Å². The minimum atomic E-state index is 0.118. The van der Waals surface area contributed by atoms with Gasteiger partial charge in [0.25, 0.3) is 0 Å². The molecule has 1 nitrogen and oxygen atoms in total. The smallest absolute Gasteiger partial charge is 0.0778 e. The normalized spacial score (nSPS) is 30.0. The quantitative estimate of drug-likeness (QED) is 0.397. The van der Waals surface area contributed by atoms with E-state index >= 15 is 0 Å². The monoisotopic (exact) mass is 330 g/mol. The predicted octanol–water partition coefficient (Wildman–Crippen LogP) is 4.45. The third-order valence-electron chi connectivity index (χ3n) is 3.03. The van der Waals surface area contributed by atoms with E-state index in [9.17, 15) is 0 Å². The van der Waals surface area contributed by atoms with E-state index in [1.54, 1.807) is 6.08 Å². The molecule has 1 rings (SSSR count). The highest BCUT2D eigenvalue weighted by atomic mass is 79.9. The number of alkyl halides is 2. The van der Waals surface area contributed by atoms with Crippen LogP contribution in [-0.4, -0.2) is 22.4 Å². The molecule has 0 aromatic rings. The van der Waals surface area contributed by atoms with Crippen molar-refractivity contribution in [3.63, 3.8) is 0 Å². The average molecular weight is 332 g/mol. The highest BCUT2D eigenvalue weighted by molar-refractivity contribution is 9.09. The van der Waals surface area contributed by atoms with Crippen LogP contribution in [0, 0.1) is 12.3 Å². The van der Waals surface area contributed by atoms with E-state index in [0.717, 1.165) is 25.7 Å². The Morgan fingerprint density at radius 1 is 1.50 bits per heavy atom. The fraction of sp³-hybridized carbons (Fsp3) is 0.600. The van der Waals surface area contributed by atoms with E-state index in [2.05, 4.69) is 40.9 Å². The maximum Gasteiger partial charge on any atom is 0.0778 e. The lowest BCUT2D eigenvalue weighted by atomic mass is 10.1. The Morgan fingerprint density at radius 3 is 2.94 bits per heavy atom. The third-order valence-corrected chi connectivity index (χ3v) is 4.72. The van der Waals surface area contributed by atoms with Gasteiger partial charge in [-0.1, -0.05) is 47.0 Å². The molecule has 0 spiro atoms. The number of ether oxygens (including phenoxy) is 1. The Bertz CT molecular complexity index is 332. The van der Waals surface area contributed by atoms with Gasteiger partial charge in [-0.3, -0.25) is 0 Å². The lowest BCUT2D eigenvalue weighted by molar-refractivity contribution is 0.0472. The minimum absolute atomic E-state index is 0.118. The standard InChI is InChI=1S/C15H20BrClO/c1-3-5-6-7-8-9-10-14-13(17)11-15(18-14)12(16)4-2/h1,5-6,8-9,12-15H,4,7,10-11H2,2H3/b6-5+,9-8-/t12-,13+,14+,15+/m0/s1. The Balaban J connectivity index is 2.31. The number of terminal acetylenes is 1. The van der Waals surface area contributed by atoms with Crippen molar-refractivity contribution in [1.82, 2.24) is 0 Å². The summed E-state index contributed by atoms with van der Waals surface area (Å²) in [4.78, 5) is 0.409. The highest BCUT2D eigenvalue weighted by Crippen LogP contribution is 2.32. The first-order valence-corrected chi connectivity index (χ1v) is 7.74. The molecule has 1 aliphatic heterocycles. The van der Waals surface area contributed by atoms with Crippen molar-refractivity contribution >= 4 is 27.5 Å². The van der Waals surface area contributed by atoms with Crippen LogP contribution in [0.15, 0.2) is 24.3 Å². The second-order valence-corrected chi connectivity index (χ2v) is 6.14. The summed E-state index contributed by atoms with van der Waals surface area (Å²) < 4.78 is 5.97. The SMILES string of the molecule is C#C/C=C/C/C=C\C[C@H]1O[C@@H]([C@@H](Br)CC)C[C@H]1Cl. The summed E-state index contributed by atoms with van der Waals surface area (Å²) in [5.41, 5.74) is 0. The average Bonchev–Trinajstić information content (AvgIpc) is 2.74. The van der Waals surface area contributed by atoms with Crippen molar-refractivity contribution in [1.29, 1.82) is 0 Å². The second kappa shape index (κ2) is 8.80. The summed E-state index contributed by atoms with van der Waals surface area (Å²) in [5, 5.41) is 0.118. The van der Waals surface area contributed by atoms with Crippen molar-refractivity contribution in [3.8, 4) is 12.3 Å². The van der Waals surface area contributed by atoms with Crippen LogP contribution in [0.25, 0.3) is 0 Å². The minimum Gasteiger partial charge on any atom is -0.372 e. The predicted molar refractivity (Wildman–Crippen MR) is 82.3 cm³/mol. The molecule has 18 heavy (non-hydrogen) atoms. The third kappa shape index (κ3) is 5.18. The fourth-order valence-electron chi connectivity index (χ4n) is 1.98. The highest BCUT2D eigenvalue weighted by Gasteiger charge is 2.35. The molecule has 0 amide bonds. The maximum absolute atomic E-state index is 6.32. The number of hydrogen-bond donors (Lipinski definition) is 0. The van der Waals surface area contributed by atoms with Crippen LogP contribution < -0.4 is 0 Å². The first-order chi connectivity index (χ1) is 8.69. The second-order valence-electron chi connectivity index (χ2n) is 4.40. The van der Waals surface area contributed by atoms with Crippen molar-refractivity contribution in [2.75, 3.05) is 0 Å². The van der Waals surface area contributed by atoms with Crippen LogP contribution in [0.4, 0.5) is 0 Å². The van der Waals surface area contributed by atoms with Crippen molar-refractivity contribution < 1.29 is 4.74 Å². The Labute approximate surface area is 124 Å². The molecule has 1 saturated heterocycles. The molecule has 0 aromatic heterocycles. The molecule has 1 aliphatic rings. The maximum atomic E-state index is 6.32. The molecule has 1 heterocycles. The molecule has 0 aliphatic carbocycles. The topological polar surface area (TPSA) is 9.23 Å². The first kappa shape index (κ1) is 15.8. The Kier molecular flexibility index (Phi) is 7.74. The van der Waals surface area contributed by atoms with E-state index in [0.29, 0.717) is 4.83 Å². The van der Waals surface area contributed by atoms with Gasteiger partial charge in [-0.2, -0.15) is 0 Å². The lowest BCUT2D eigenvalue weighted by Crippen LogP contribution is -2.20. The van der Waals surface area contributed by atoms with E-state index < -0.39 is 0 Å². The van der Waals surface area contributed by atoms with Gasteiger partial charge in [0, 0.05) is 4.83 Å². The molecule has 0 radical (unpaired) electrons. The lowest BCUT2D eigenvalue weighted by Gasteiger charge is -2.16. The van der Waals surface area contributed by atoms with E-state index in [4.69, 9.17) is 22.8 Å². The van der Waals surface area contributed by atoms with Crippen LogP contribution in [0.2, 0.25) is 0 Å². The first-order valence-electron chi connectivity index (χ1n) is 6.38. The number of hydrogen-bond acceptors (Lipinski definition) is 1. The number of rotatable bonds is 6. The molecule has 0 unspecified atom stereocenters. The van der Waals surface area contributed by atoms with Crippen LogP contribution in [0.5, 0.6) is 0 Å². The number of allylic oxidation sites excluding steroid dienone is 3. The summed E-state index contributed by atoms with van der Waals surface area (Å²) >= 11 is 9.96. The molecule has 0 N–H and O–H groups in total. The Hall–Kier alpha value is -0.230. The zero-order chi connectivity index (χ0) is 13.4. The van der Waals surface area contributed by atoms with Crippen molar-refractivity contribution in [2.45, 2.75) is 55.0 Å². The molecular formula is C15H20BrClO. The van der Waals surface area contributed by atoms with Gasteiger partial charge in [-0.25, -0.2) is 0 Å². The zero-order valence-electron chi connectivity index (χ0n) is 10.7. The largest absolute Gasteiger partial charge is 0.372 e. The Morgan fingerprint density at radius 2 is 2.28 bits per heavy atom. The van der Waals surface area contributed by atoms with Gasteiger partial charge >= 0.3 is 0 Å². The van der Waals surface area contributed by atoms with Crippen LogP contribution in [0.3, 0.4) is 0 Å². The number of halogens is 2. The molecule has 100 valence electrons. The molecule has 4 atom stereocenters. The van der Waals surface area contributed by atoms with E-state index in [-0.39, 0.29) is 17.6 Å². The van der Waals surface area contributed by atoms with Gasteiger partial charge in [-0.15, -0.1) is 18.0 Å². The summed E-state index contributed by atoms with van der Waals surface area (Å²) in [7, 11) is 0. The summed E-state index contributed by atoms with van der Waals surface area (Å²) in [5.74, 6) is 2.47. The van der Waals surface area contributed by atoms with Gasteiger partial charge in [-0.05, 0) is 31.8 Å². The zero-order valence-corrected chi connectivity index (χ0v) is 13.0. The van der Waals surface area contributed by atoms with Crippen molar-refractivity contribution in [2.24, 2.45) is 0 Å². The summed E-state index contributed by atoms with van der Waals surface area (Å²) in [6.07, 6.45) is 17.1. The molecule has 0 bridgehead atoms. The molecular weight excluding hydrogens is 312 g/mol. The van der Waals surface area contributed by atoms with E-state index in [1.807, 2.05) is 6.08 Å². The molecule has 0 saturated carbocycles. The molecule has 0 aromatic carbocycles. The van der Waals surface area contributed by atoms with Gasteiger partial charge in [0.05, 0.1) is 17.6 Å². The summed E-state index contributed by atoms with van der Waals surface area (Å²) in [6.45, 7) is 2.15. The summed E-state index contributed by atoms with van der Waals surface area (Å²) in [6, 6.07) is 0. The molecule has 3 heteroatoms. The van der Waals surface area contributed by atoms with Crippen LogP contribution >= 0.6 is 27.5 Å². The van der Waals surface area contributed by atoms with Crippen molar-refractivity contribution in [3.05, 3.63) is 24.3 Å². The van der Waals surface area contributed by atoms with Gasteiger partial charge < -0.3 is 4.74 Å². The fourth-order valence-corrected chi connectivity index (χ4v) is 2.66.